The Labute approximate surface area is 120 Å². The molecule has 0 aromatic heterocycles. The van der Waals surface area contributed by atoms with Gasteiger partial charge in [0, 0.05) is 13.0 Å². The monoisotopic (exact) mass is 268 g/mol. The fraction of sp³-hybridized carbons (Fsp3) is 0.333. The molecule has 0 bridgehead atoms. The third-order valence-corrected chi connectivity index (χ3v) is 4.19. The minimum Gasteiger partial charge on any atom is -0.388 e. The molecule has 0 fully saturated rings. The van der Waals surface area contributed by atoms with E-state index in [0.717, 1.165) is 25.0 Å². The number of aliphatic hydroxyl groups is 1. The van der Waals surface area contributed by atoms with Crippen LogP contribution < -0.4 is 0 Å². The van der Waals surface area contributed by atoms with Gasteiger partial charge in [0.05, 0.1) is 12.7 Å². The maximum Gasteiger partial charge on any atom is 0.0861 e. The van der Waals surface area contributed by atoms with E-state index in [-0.39, 0.29) is 5.92 Å². The summed E-state index contributed by atoms with van der Waals surface area (Å²) in [6, 6.07) is 16.6. The molecule has 0 heterocycles. The zero-order valence-electron chi connectivity index (χ0n) is 11.8. The van der Waals surface area contributed by atoms with Crippen molar-refractivity contribution in [2.45, 2.75) is 24.9 Å². The van der Waals surface area contributed by atoms with Gasteiger partial charge in [0.15, 0.2) is 0 Å². The predicted octanol–water partition coefficient (Wildman–Crippen LogP) is 3.25. The van der Waals surface area contributed by atoms with Crippen molar-refractivity contribution in [3.8, 4) is 0 Å². The Morgan fingerprint density at radius 3 is 2.60 bits per heavy atom. The Bertz CT molecular complexity index is 574. The van der Waals surface area contributed by atoms with E-state index in [1.165, 1.54) is 16.7 Å². The lowest BCUT2D eigenvalue weighted by Crippen LogP contribution is -2.23. The van der Waals surface area contributed by atoms with E-state index < -0.39 is 6.10 Å². The molecule has 1 aliphatic carbocycles. The summed E-state index contributed by atoms with van der Waals surface area (Å²) in [7, 11) is 1.71. The first-order chi connectivity index (χ1) is 9.79. The van der Waals surface area contributed by atoms with Crippen LogP contribution >= 0.6 is 0 Å². The first-order valence-corrected chi connectivity index (χ1v) is 7.13. The summed E-state index contributed by atoms with van der Waals surface area (Å²) in [6.45, 7) is 0.734. The van der Waals surface area contributed by atoms with Crippen LogP contribution in [-0.2, 0) is 17.6 Å². The van der Waals surface area contributed by atoms with Crippen LogP contribution in [0.3, 0.4) is 0 Å². The summed E-state index contributed by atoms with van der Waals surface area (Å²) in [5.74, 6) is 0.246. The van der Waals surface area contributed by atoms with Crippen LogP contribution in [0.1, 0.15) is 34.3 Å². The zero-order valence-corrected chi connectivity index (χ0v) is 11.8. The van der Waals surface area contributed by atoms with E-state index in [2.05, 4.69) is 30.3 Å². The van der Waals surface area contributed by atoms with Gasteiger partial charge in [-0.1, -0.05) is 48.5 Å². The maximum absolute atomic E-state index is 10.5. The largest absolute Gasteiger partial charge is 0.388 e. The molecule has 2 nitrogen and oxygen atoms in total. The van der Waals surface area contributed by atoms with Crippen molar-refractivity contribution in [1.29, 1.82) is 0 Å². The minimum atomic E-state index is -0.402. The molecule has 0 amide bonds. The van der Waals surface area contributed by atoms with Crippen LogP contribution in [0, 0.1) is 0 Å². The Morgan fingerprint density at radius 2 is 1.90 bits per heavy atom. The molecular weight excluding hydrogens is 248 g/mol. The fourth-order valence-electron chi connectivity index (χ4n) is 2.91. The van der Waals surface area contributed by atoms with Gasteiger partial charge in [0.2, 0.25) is 0 Å². The van der Waals surface area contributed by atoms with Gasteiger partial charge < -0.3 is 9.84 Å². The van der Waals surface area contributed by atoms with Gasteiger partial charge in [-0.3, -0.25) is 0 Å². The van der Waals surface area contributed by atoms with Crippen molar-refractivity contribution in [3.05, 3.63) is 70.8 Å². The Morgan fingerprint density at radius 1 is 1.15 bits per heavy atom. The smallest absolute Gasteiger partial charge is 0.0861 e. The van der Waals surface area contributed by atoms with E-state index >= 15 is 0 Å². The van der Waals surface area contributed by atoms with E-state index in [4.69, 9.17) is 4.74 Å². The predicted molar refractivity (Wildman–Crippen MR) is 79.9 cm³/mol. The zero-order chi connectivity index (χ0) is 13.9. The van der Waals surface area contributed by atoms with E-state index in [9.17, 15) is 5.11 Å². The molecule has 2 aromatic carbocycles. The average Bonchev–Trinajstić information content (AvgIpc) is 2.47. The Hall–Kier alpha value is -1.64. The Balaban J connectivity index is 1.71. The molecule has 0 saturated carbocycles. The normalized spacial score (nSPS) is 18.2. The lowest BCUT2D eigenvalue weighted by Gasteiger charge is -2.34. The number of benzene rings is 2. The number of aliphatic hydroxyl groups excluding tert-OH is 1. The van der Waals surface area contributed by atoms with E-state index in [1.807, 2.05) is 18.2 Å². The third kappa shape index (κ3) is 2.49. The number of fused-ring (bicyclic) bond motifs is 1. The molecule has 3 rings (SSSR count). The van der Waals surface area contributed by atoms with Crippen LogP contribution in [0.5, 0.6) is 0 Å². The summed E-state index contributed by atoms with van der Waals surface area (Å²) in [5.41, 5.74) is 4.92. The Kier molecular flexibility index (Phi) is 3.86. The van der Waals surface area contributed by atoms with Crippen molar-refractivity contribution in [2.75, 3.05) is 13.7 Å². The summed E-state index contributed by atoms with van der Waals surface area (Å²) in [5, 5.41) is 10.5. The highest BCUT2D eigenvalue weighted by atomic mass is 16.5. The number of hydrogen-bond acceptors (Lipinski definition) is 2. The van der Waals surface area contributed by atoms with E-state index in [1.54, 1.807) is 7.11 Å². The minimum absolute atomic E-state index is 0.246. The SMILES string of the molecule is COCCc1ccc(C(O)C2Cc3ccccc32)cc1. The molecule has 2 heteroatoms. The maximum atomic E-state index is 10.5. The third-order valence-electron chi connectivity index (χ3n) is 4.19. The number of methoxy groups -OCH3 is 1. The molecule has 0 radical (unpaired) electrons. The molecule has 2 unspecified atom stereocenters. The highest BCUT2D eigenvalue weighted by molar-refractivity contribution is 5.42. The lowest BCUT2D eigenvalue weighted by molar-refractivity contribution is 0.134. The molecule has 0 spiro atoms. The van der Waals surface area contributed by atoms with Crippen molar-refractivity contribution < 1.29 is 9.84 Å². The van der Waals surface area contributed by atoms with Crippen LogP contribution in [0.25, 0.3) is 0 Å². The van der Waals surface area contributed by atoms with Crippen LogP contribution in [0.4, 0.5) is 0 Å². The summed E-state index contributed by atoms with van der Waals surface area (Å²) >= 11 is 0. The van der Waals surface area contributed by atoms with Crippen molar-refractivity contribution in [3.63, 3.8) is 0 Å². The van der Waals surface area contributed by atoms with Gasteiger partial charge in [-0.2, -0.15) is 0 Å². The molecule has 2 aromatic rings. The van der Waals surface area contributed by atoms with Crippen molar-refractivity contribution in [2.24, 2.45) is 0 Å². The van der Waals surface area contributed by atoms with Crippen molar-refractivity contribution >= 4 is 0 Å². The van der Waals surface area contributed by atoms with Gasteiger partial charge in [-0.15, -0.1) is 0 Å². The summed E-state index contributed by atoms with van der Waals surface area (Å²) < 4.78 is 5.08. The lowest BCUT2D eigenvalue weighted by atomic mass is 9.73. The second-order valence-corrected chi connectivity index (χ2v) is 5.44. The van der Waals surface area contributed by atoms with Gasteiger partial charge in [-0.05, 0) is 35.1 Å². The highest BCUT2D eigenvalue weighted by Gasteiger charge is 2.32. The molecule has 0 saturated heterocycles. The fourth-order valence-corrected chi connectivity index (χ4v) is 2.91. The van der Waals surface area contributed by atoms with Gasteiger partial charge in [0.1, 0.15) is 0 Å². The standard InChI is InChI=1S/C18H20O2/c1-20-11-10-13-6-8-14(9-7-13)18(19)17-12-15-4-2-3-5-16(15)17/h2-9,17-19H,10-12H2,1H3. The average molecular weight is 268 g/mol. The molecule has 104 valence electrons. The van der Waals surface area contributed by atoms with Gasteiger partial charge >= 0.3 is 0 Å². The van der Waals surface area contributed by atoms with Gasteiger partial charge in [0.25, 0.3) is 0 Å². The van der Waals surface area contributed by atoms with E-state index in [0.29, 0.717) is 0 Å². The number of ether oxygens (including phenoxy) is 1. The topological polar surface area (TPSA) is 29.5 Å². The molecule has 0 aliphatic heterocycles. The number of hydrogen-bond donors (Lipinski definition) is 1. The first kappa shape index (κ1) is 13.3. The second-order valence-electron chi connectivity index (χ2n) is 5.44. The number of rotatable bonds is 5. The second kappa shape index (κ2) is 5.78. The first-order valence-electron chi connectivity index (χ1n) is 7.13. The molecule has 1 aliphatic rings. The quantitative estimate of drug-likeness (QED) is 0.902. The molecule has 1 N–H and O–H groups in total. The summed E-state index contributed by atoms with van der Waals surface area (Å²) in [4.78, 5) is 0. The molecule has 2 atom stereocenters. The van der Waals surface area contributed by atoms with Crippen LogP contribution in [-0.4, -0.2) is 18.8 Å². The van der Waals surface area contributed by atoms with Crippen molar-refractivity contribution in [1.82, 2.24) is 0 Å². The van der Waals surface area contributed by atoms with Crippen LogP contribution in [0.2, 0.25) is 0 Å². The highest BCUT2D eigenvalue weighted by Crippen LogP contribution is 2.43. The summed E-state index contributed by atoms with van der Waals surface area (Å²) in [6.07, 6.45) is 1.49. The van der Waals surface area contributed by atoms with Gasteiger partial charge in [-0.25, -0.2) is 0 Å². The molecular formula is C18H20O2. The molecule has 20 heavy (non-hydrogen) atoms. The van der Waals surface area contributed by atoms with Crippen LogP contribution in [0.15, 0.2) is 48.5 Å².